The molecule has 3 heteroatoms. The molecule has 2 rings (SSSR count). The van der Waals surface area contributed by atoms with E-state index in [2.05, 4.69) is 28.9 Å². The summed E-state index contributed by atoms with van der Waals surface area (Å²) in [7, 11) is 0. The van der Waals surface area contributed by atoms with Gasteiger partial charge in [-0.05, 0) is 12.5 Å². The van der Waals surface area contributed by atoms with Crippen LogP contribution in [0.2, 0.25) is 0 Å². The molecule has 0 spiro atoms. The highest BCUT2D eigenvalue weighted by Gasteiger charge is 2.41. The number of benzene rings is 1. The van der Waals surface area contributed by atoms with Crippen LogP contribution >= 0.6 is 0 Å². The summed E-state index contributed by atoms with van der Waals surface area (Å²) in [5, 5.41) is 0. The molecule has 0 N–H and O–H groups in total. The molecule has 1 fully saturated rings. The molecular formula is C15H17NO2. The van der Waals surface area contributed by atoms with Crippen molar-refractivity contribution in [3.8, 4) is 11.8 Å². The lowest BCUT2D eigenvalue weighted by Crippen LogP contribution is -2.16. The minimum absolute atomic E-state index is 0.0557. The molecule has 0 aromatic heterocycles. The molecule has 1 aromatic rings. The molecule has 3 nitrogen and oxygen atoms in total. The molecule has 2 unspecified atom stereocenters. The Kier molecular flexibility index (Phi) is 4.38. The third-order valence-electron chi connectivity index (χ3n) is 2.86. The molecule has 1 heterocycles. The van der Waals surface area contributed by atoms with E-state index in [9.17, 15) is 4.79 Å². The molecule has 0 saturated carbocycles. The van der Waals surface area contributed by atoms with E-state index in [0.29, 0.717) is 13.0 Å². The fourth-order valence-electron chi connectivity index (χ4n) is 1.82. The normalized spacial score (nSPS) is 20.7. The van der Waals surface area contributed by atoms with E-state index in [0.717, 1.165) is 13.1 Å². The van der Waals surface area contributed by atoms with Gasteiger partial charge in [-0.2, -0.15) is 0 Å². The van der Waals surface area contributed by atoms with Crippen LogP contribution in [0.3, 0.4) is 0 Å². The summed E-state index contributed by atoms with van der Waals surface area (Å²) in [6, 6.07) is 10.1. The summed E-state index contributed by atoms with van der Waals surface area (Å²) in [6.45, 7) is 3.79. The molecule has 1 aliphatic rings. The van der Waals surface area contributed by atoms with Crippen molar-refractivity contribution < 1.29 is 9.53 Å². The Morgan fingerprint density at radius 2 is 2.22 bits per heavy atom. The lowest BCUT2D eigenvalue weighted by atomic mass is 10.2. The Labute approximate surface area is 108 Å². The van der Waals surface area contributed by atoms with E-state index in [-0.39, 0.29) is 12.0 Å². The van der Waals surface area contributed by atoms with E-state index in [1.165, 1.54) is 5.56 Å². The zero-order valence-electron chi connectivity index (χ0n) is 10.6. The highest BCUT2D eigenvalue weighted by molar-refractivity contribution is 5.79. The zero-order chi connectivity index (χ0) is 12.8. The Hall–Kier alpha value is -1.79. The highest BCUT2D eigenvalue weighted by Crippen LogP contribution is 2.22. The number of carbonyl (C=O) groups excluding carboxylic acids is 1. The van der Waals surface area contributed by atoms with Crippen LogP contribution < -0.4 is 0 Å². The molecule has 94 valence electrons. The standard InChI is InChI=1S/C15H17NO2/c1-2-3-7-10-18-15(17)14-12-16(14)11-13-8-5-4-6-9-13/h4-6,8-9,14H,7,10-12H2,1H3. The number of esters is 1. The van der Waals surface area contributed by atoms with Gasteiger partial charge in [0.2, 0.25) is 0 Å². The molecule has 1 aromatic carbocycles. The predicted molar refractivity (Wildman–Crippen MR) is 69.7 cm³/mol. The molecule has 0 radical (unpaired) electrons. The Morgan fingerprint density at radius 1 is 1.44 bits per heavy atom. The smallest absolute Gasteiger partial charge is 0.324 e. The second kappa shape index (κ2) is 6.23. The molecule has 0 bridgehead atoms. The Balaban J connectivity index is 1.70. The number of carbonyl (C=O) groups is 1. The summed E-state index contributed by atoms with van der Waals surface area (Å²) in [5.41, 5.74) is 1.23. The molecule has 0 amide bonds. The average molecular weight is 243 g/mol. The van der Waals surface area contributed by atoms with Gasteiger partial charge < -0.3 is 4.74 Å². The quantitative estimate of drug-likeness (QED) is 0.342. The van der Waals surface area contributed by atoms with Crippen molar-refractivity contribution in [2.75, 3.05) is 13.2 Å². The van der Waals surface area contributed by atoms with Crippen LogP contribution in [0.5, 0.6) is 0 Å². The summed E-state index contributed by atoms with van der Waals surface area (Å²) in [6.07, 6.45) is 0.619. The fraction of sp³-hybridized carbons (Fsp3) is 0.400. The Bertz CT molecular complexity index is 458. The summed E-state index contributed by atoms with van der Waals surface area (Å²) in [4.78, 5) is 13.8. The van der Waals surface area contributed by atoms with Crippen molar-refractivity contribution in [1.29, 1.82) is 0 Å². The minimum Gasteiger partial charge on any atom is -0.463 e. The molecule has 1 aliphatic heterocycles. The molecule has 0 aliphatic carbocycles. The number of hydrogen-bond donors (Lipinski definition) is 0. The van der Waals surface area contributed by atoms with Crippen molar-refractivity contribution in [3.05, 3.63) is 35.9 Å². The van der Waals surface area contributed by atoms with Crippen molar-refractivity contribution >= 4 is 5.97 Å². The largest absolute Gasteiger partial charge is 0.463 e. The first-order valence-electron chi connectivity index (χ1n) is 6.15. The topological polar surface area (TPSA) is 29.3 Å². The second-order valence-electron chi connectivity index (χ2n) is 4.28. The average Bonchev–Trinajstić information content (AvgIpc) is 3.15. The van der Waals surface area contributed by atoms with Crippen LogP contribution in [0.4, 0.5) is 0 Å². The third-order valence-corrected chi connectivity index (χ3v) is 2.86. The van der Waals surface area contributed by atoms with E-state index >= 15 is 0 Å². The number of ether oxygens (including phenoxy) is 1. The van der Waals surface area contributed by atoms with E-state index < -0.39 is 0 Å². The van der Waals surface area contributed by atoms with Crippen molar-refractivity contribution in [2.45, 2.75) is 25.9 Å². The van der Waals surface area contributed by atoms with E-state index in [1.54, 1.807) is 6.92 Å². The molecule has 18 heavy (non-hydrogen) atoms. The van der Waals surface area contributed by atoms with Gasteiger partial charge >= 0.3 is 5.97 Å². The molecule has 1 saturated heterocycles. The van der Waals surface area contributed by atoms with Crippen LogP contribution in [0, 0.1) is 11.8 Å². The predicted octanol–water partition coefficient (Wildman–Crippen LogP) is 1.83. The van der Waals surface area contributed by atoms with Gasteiger partial charge in [0.25, 0.3) is 0 Å². The van der Waals surface area contributed by atoms with Crippen molar-refractivity contribution in [2.24, 2.45) is 0 Å². The van der Waals surface area contributed by atoms with Crippen LogP contribution in [0.15, 0.2) is 30.3 Å². The van der Waals surface area contributed by atoms with Gasteiger partial charge in [-0.1, -0.05) is 30.3 Å². The summed E-state index contributed by atoms with van der Waals surface area (Å²) in [5.74, 6) is 5.53. The maximum absolute atomic E-state index is 11.7. The maximum atomic E-state index is 11.7. The first-order valence-corrected chi connectivity index (χ1v) is 6.15. The monoisotopic (exact) mass is 243 g/mol. The van der Waals surface area contributed by atoms with Gasteiger partial charge in [-0.15, -0.1) is 11.8 Å². The van der Waals surface area contributed by atoms with Gasteiger partial charge in [-0.25, -0.2) is 0 Å². The zero-order valence-corrected chi connectivity index (χ0v) is 10.6. The lowest BCUT2D eigenvalue weighted by Gasteiger charge is -2.04. The lowest BCUT2D eigenvalue weighted by molar-refractivity contribution is -0.143. The minimum atomic E-state index is -0.121. The number of hydrogen-bond acceptors (Lipinski definition) is 3. The van der Waals surface area contributed by atoms with Crippen LogP contribution in [-0.4, -0.2) is 30.1 Å². The number of nitrogens with zero attached hydrogens (tertiary/aromatic N) is 1. The summed E-state index contributed by atoms with van der Waals surface area (Å²) < 4.78 is 5.15. The second-order valence-corrected chi connectivity index (χ2v) is 4.28. The van der Waals surface area contributed by atoms with Crippen LogP contribution in [-0.2, 0) is 16.1 Å². The van der Waals surface area contributed by atoms with Crippen LogP contribution in [0.25, 0.3) is 0 Å². The number of rotatable bonds is 5. The van der Waals surface area contributed by atoms with Gasteiger partial charge in [-0.3, -0.25) is 9.69 Å². The highest BCUT2D eigenvalue weighted by atomic mass is 16.5. The van der Waals surface area contributed by atoms with Gasteiger partial charge in [0, 0.05) is 19.5 Å². The summed E-state index contributed by atoms with van der Waals surface area (Å²) >= 11 is 0. The third kappa shape index (κ3) is 3.61. The van der Waals surface area contributed by atoms with Crippen molar-refractivity contribution in [1.82, 2.24) is 4.90 Å². The van der Waals surface area contributed by atoms with Gasteiger partial charge in [0.1, 0.15) is 12.6 Å². The maximum Gasteiger partial charge on any atom is 0.324 e. The van der Waals surface area contributed by atoms with Gasteiger partial charge in [0.05, 0.1) is 0 Å². The Morgan fingerprint density at radius 3 is 2.94 bits per heavy atom. The van der Waals surface area contributed by atoms with Crippen molar-refractivity contribution in [3.63, 3.8) is 0 Å². The van der Waals surface area contributed by atoms with Gasteiger partial charge in [0.15, 0.2) is 0 Å². The first-order chi connectivity index (χ1) is 8.81. The first kappa shape index (κ1) is 12.7. The SMILES string of the molecule is CC#CCCOC(=O)C1CN1Cc1ccccc1. The fourth-order valence-corrected chi connectivity index (χ4v) is 1.82. The van der Waals surface area contributed by atoms with E-state index in [4.69, 9.17) is 4.74 Å². The van der Waals surface area contributed by atoms with E-state index in [1.807, 2.05) is 18.2 Å². The van der Waals surface area contributed by atoms with Crippen LogP contribution in [0.1, 0.15) is 18.9 Å². The molecular weight excluding hydrogens is 226 g/mol. The molecule has 2 atom stereocenters.